The average Bonchev–Trinajstić information content (AvgIpc) is 3.08. The second-order valence-corrected chi connectivity index (χ2v) is 10.4. The first-order valence-electron chi connectivity index (χ1n) is 9.70. The van der Waals surface area contributed by atoms with E-state index in [0.717, 1.165) is 11.1 Å². The Bertz CT molecular complexity index is 1080. The first kappa shape index (κ1) is 19.8. The monoisotopic (exact) mass is 411 g/mol. The fourth-order valence-electron chi connectivity index (χ4n) is 3.35. The van der Waals surface area contributed by atoms with Crippen molar-refractivity contribution < 1.29 is 12.9 Å². The number of nitrogens with zero attached hydrogens (tertiary/aromatic N) is 3. The summed E-state index contributed by atoms with van der Waals surface area (Å²) in [4.78, 5) is 4.77. The third-order valence-corrected chi connectivity index (χ3v) is 7.09. The van der Waals surface area contributed by atoms with Crippen molar-refractivity contribution in [3.05, 3.63) is 77.4 Å². The Morgan fingerprint density at radius 3 is 2.31 bits per heavy atom. The molecule has 6 nitrogen and oxygen atoms in total. The highest BCUT2D eigenvalue weighted by Crippen LogP contribution is 2.32. The van der Waals surface area contributed by atoms with E-state index < -0.39 is 10.0 Å². The number of benzene rings is 2. The summed E-state index contributed by atoms with van der Waals surface area (Å²) in [5.74, 6) is 1.06. The maximum Gasteiger partial charge on any atom is 0.243 e. The molecule has 1 aliphatic heterocycles. The van der Waals surface area contributed by atoms with Gasteiger partial charge < -0.3 is 4.52 Å². The fourth-order valence-corrected chi connectivity index (χ4v) is 4.88. The maximum absolute atomic E-state index is 12.9. The van der Waals surface area contributed by atoms with Gasteiger partial charge in [0, 0.05) is 19.5 Å². The number of sulfonamides is 1. The van der Waals surface area contributed by atoms with Gasteiger partial charge in [-0.1, -0.05) is 68.4 Å². The molecular formula is C22H25N3O3S. The lowest BCUT2D eigenvalue weighted by Gasteiger charge is -2.35. The van der Waals surface area contributed by atoms with E-state index in [1.54, 1.807) is 12.1 Å². The van der Waals surface area contributed by atoms with Crippen molar-refractivity contribution in [3.63, 3.8) is 0 Å². The van der Waals surface area contributed by atoms with E-state index in [-0.39, 0.29) is 11.3 Å². The molecule has 0 saturated carbocycles. The van der Waals surface area contributed by atoms with Gasteiger partial charge in [-0.3, -0.25) is 0 Å². The predicted octanol–water partition coefficient (Wildman–Crippen LogP) is 3.75. The molecule has 3 aromatic rings. The van der Waals surface area contributed by atoms with E-state index in [1.807, 2.05) is 42.5 Å². The Morgan fingerprint density at radius 2 is 1.69 bits per heavy atom. The van der Waals surface area contributed by atoms with Gasteiger partial charge in [-0.25, -0.2) is 8.42 Å². The van der Waals surface area contributed by atoms with Crippen molar-refractivity contribution in [2.45, 2.75) is 43.4 Å². The zero-order valence-electron chi connectivity index (χ0n) is 16.9. The lowest BCUT2D eigenvalue weighted by Crippen LogP contribution is -2.48. The SMILES string of the molecule is CC(C)(C)c1ccc(S(=O)(=O)N2CC(c3nc(Cc4ccccc4)no3)C2)cc1. The average molecular weight is 412 g/mol. The molecule has 1 aliphatic rings. The Labute approximate surface area is 171 Å². The predicted molar refractivity (Wildman–Crippen MR) is 110 cm³/mol. The van der Waals surface area contributed by atoms with Crippen LogP contribution in [-0.2, 0) is 21.9 Å². The second-order valence-electron chi connectivity index (χ2n) is 8.50. The quantitative estimate of drug-likeness (QED) is 0.639. The number of aromatic nitrogens is 2. The topological polar surface area (TPSA) is 76.3 Å². The molecule has 4 rings (SSSR count). The van der Waals surface area contributed by atoms with Crippen LogP contribution in [0, 0.1) is 0 Å². The van der Waals surface area contributed by atoms with Crippen LogP contribution >= 0.6 is 0 Å². The third kappa shape index (κ3) is 4.11. The maximum atomic E-state index is 12.9. The van der Waals surface area contributed by atoms with Crippen LogP contribution < -0.4 is 0 Å². The van der Waals surface area contributed by atoms with Crippen molar-refractivity contribution in [1.29, 1.82) is 0 Å². The summed E-state index contributed by atoms with van der Waals surface area (Å²) in [6, 6.07) is 17.1. The summed E-state index contributed by atoms with van der Waals surface area (Å²) in [7, 11) is -3.50. The van der Waals surface area contributed by atoms with Crippen LogP contribution in [0.3, 0.4) is 0 Å². The smallest absolute Gasteiger partial charge is 0.243 e. The molecule has 0 N–H and O–H groups in total. The van der Waals surface area contributed by atoms with Gasteiger partial charge >= 0.3 is 0 Å². The minimum Gasteiger partial charge on any atom is -0.339 e. The minimum atomic E-state index is -3.50. The summed E-state index contributed by atoms with van der Waals surface area (Å²) < 4.78 is 32.6. The molecule has 0 amide bonds. The van der Waals surface area contributed by atoms with Gasteiger partial charge in [-0.2, -0.15) is 9.29 Å². The summed E-state index contributed by atoms with van der Waals surface area (Å²) in [6.07, 6.45) is 0.596. The van der Waals surface area contributed by atoms with Crippen LogP contribution in [0.1, 0.15) is 49.5 Å². The molecular weight excluding hydrogens is 386 g/mol. The molecule has 2 aromatic carbocycles. The van der Waals surface area contributed by atoms with Gasteiger partial charge in [-0.05, 0) is 28.7 Å². The lowest BCUT2D eigenvalue weighted by atomic mass is 9.87. The largest absolute Gasteiger partial charge is 0.339 e. The van der Waals surface area contributed by atoms with Crippen molar-refractivity contribution in [1.82, 2.24) is 14.4 Å². The van der Waals surface area contributed by atoms with E-state index in [9.17, 15) is 8.42 Å². The van der Waals surface area contributed by atoms with Gasteiger partial charge in [0.2, 0.25) is 15.9 Å². The summed E-state index contributed by atoms with van der Waals surface area (Å²) >= 11 is 0. The van der Waals surface area contributed by atoms with Gasteiger partial charge in [0.05, 0.1) is 10.8 Å². The molecule has 2 heterocycles. The van der Waals surface area contributed by atoms with Crippen LogP contribution in [0.2, 0.25) is 0 Å². The first-order valence-corrected chi connectivity index (χ1v) is 11.1. The minimum absolute atomic E-state index is 0.0143. The Morgan fingerprint density at radius 1 is 1.03 bits per heavy atom. The Balaban J connectivity index is 1.40. The molecule has 152 valence electrons. The van der Waals surface area contributed by atoms with Crippen LogP contribution in [0.15, 0.2) is 64.0 Å². The Hall–Kier alpha value is -2.51. The van der Waals surface area contributed by atoms with Gasteiger partial charge in [0.25, 0.3) is 0 Å². The number of rotatable bonds is 5. The normalized spacial score (nSPS) is 16.0. The van der Waals surface area contributed by atoms with Crippen molar-refractivity contribution in [2.24, 2.45) is 0 Å². The molecule has 0 radical (unpaired) electrons. The zero-order valence-corrected chi connectivity index (χ0v) is 17.7. The number of hydrogen-bond donors (Lipinski definition) is 0. The highest BCUT2D eigenvalue weighted by atomic mass is 32.2. The fraction of sp³-hybridized carbons (Fsp3) is 0.364. The molecule has 0 aliphatic carbocycles. The molecule has 7 heteroatoms. The van der Waals surface area contributed by atoms with E-state index in [4.69, 9.17) is 4.52 Å². The van der Waals surface area contributed by atoms with E-state index in [1.165, 1.54) is 4.31 Å². The first-order chi connectivity index (χ1) is 13.7. The van der Waals surface area contributed by atoms with Gasteiger partial charge in [-0.15, -0.1) is 0 Å². The van der Waals surface area contributed by atoms with Crippen LogP contribution in [-0.4, -0.2) is 36.0 Å². The molecule has 0 spiro atoms. The zero-order chi connectivity index (χ0) is 20.6. The van der Waals surface area contributed by atoms with Gasteiger partial charge in [0.1, 0.15) is 0 Å². The molecule has 1 saturated heterocycles. The second kappa shape index (κ2) is 7.39. The van der Waals surface area contributed by atoms with Crippen LogP contribution in [0.4, 0.5) is 0 Å². The van der Waals surface area contributed by atoms with E-state index in [2.05, 4.69) is 30.9 Å². The lowest BCUT2D eigenvalue weighted by molar-refractivity contribution is 0.216. The molecule has 0 bridgehead atoms. The summed E-state index contributed by atoms with van der Waals surface area (Å²) in [5.41, 5.74) is 2.20. The third-order valence-electron chi connectivity index (χ3n) is 5.24. The van der Waals surface area contributed by atoms with Crippen LogP contribution in [0.5, 0.6) is 0 Å². The number of hydrogen-bond acceptors (Lipinski definition) is 5. The van der Waals surface area contributed by atoms with Crippen molar-refractivity contribution >= 4 is 10.0 Å². The highest BCUT2D eigenvalue weighted by Gasteiger charge is 2.40. The van der Waals surface area contributed by atoms with Crippen molar-refractivity contribution in [3.8, 4) is 0 Å². The van der Waals surface area contributed by atoms with E-state index in [0.29, 0.717) is 36.1 Å². The molecule has 0 unspecified atom stereocenters. The Kier molecular flexibility index (Phi) is 5.04. The van der Waals surface area contributed by atoms with Crippen molar-refractivity contribution in [2.75, 3.05) is 13.1 Å². The van der Waals surface area contributed by atoms with Gasteiger partial charge in [0.15, 0.2) is 5.82 Å². The molecule has 29 heavy (non-hydrogen) atoms. The standard InChI is InChI=1S/C22H25N3O3S/c1-22(2,3)18-9-11-19(12-10-18)29(26,27)25-14-17(15-25)21-23-20(24-28-21)13-16-7-5-4-6-8-16/h4-12,17H,13-15H2,1-3H3. The summed E-state index contributed by atoms with van der Waals surface area (Å²) in [6.45, 7) is 7.03. The summed E-state index contributed by atoms with van der Waals surface area (Å²) in [5, 5.41) is 4.04. The highest BCUT2D eigenvalue weighted by molar-refractivity contribution is 7.89. The molecule has 1 fully saturated rings. The van der Waals surface area contributed by atoms with E-state index >= 15 is 0 Å². The van der Waals surface area contributed by atoms with Crippen LogP contribution in [0.25, 0.3) is 0 Å². The molecule has 1 aromatic heterocycles. The molecule has 0 atom stereocenters.